The van der Waals surface area contributed by atoms with Crippen molar-refractivity contribution in [1.82, 2.24) is 5.32 Å². The van der Waals surface area contributed by atoms with Gasteiger partial charge in [0.25, 0.3) is 11.8 Å². The highest BCUT2D eigenvalue weighted by Gasteiger charge is 2.10. The van der Waals surface area contributed by atoms with Crippen molar-refractivity contribution in [3.05, 3.63) is 64.7 Å². The van der Waals surface area contributed by atoms with Gasteiger partial charge in [0, 0.05) is 5.56 Å². The molecule has 0 heterocycles. The zero-order valence-corrected chi connectivity index (χ0v) is 15.3. The highest BCUT2D eigenvalue weighted by atomic mass is 16.5. The van der Waals surface area contributed by atoms with Crippen molar-refractivity contribution < 1.29 is 23.9 Å². The minimum absolute atomic E-state index is 0.0199. The first kappa shape index (κ1) is 20.0. The van der Waals surface area contributed by atoms with Crippen LogP contribution in [0.25, 0.3) is 0 Å². The van der Waals surface area contributed by atoms with Crippen molar-refractivity contribution in [2.75, 3.05) is 13.2 Å². The number of hydrogen-bond acceptors (Lipinski definition) is 5. The number of hydrogen-bond donors (Lipinski definition) is 2. The number of nitrogens with one attached hydrogen (secondary N) is 1. The molecule has 2 aromatic carbocycles. The SMILES string of the molecule is Cc1cc(C)cc(C(=O)NCC(=O)OCc2cccc(OCC(N)=O)c2)c1. The molecule has 7 nitrogen and oxygen atoms in total. The molecule has 0 bridgehead atoms. The number of nitrogens with two attached hydrogens (primary N) is 1. The van der Waals surface area contributed by atoms with Crippen LogP contribution in [0.4, 0.5) is 0 Å². The molecule has 7 heteroatoms. The lowest BCUT2D eigenvalue weighted by Gasteiger charge is -2.09. The molecular weight excluding hydrogens is 348 g/mol. The molecule has 0 aliphatic carbocycles. The van der Waals surface area contributed by atoms with Gasteiger partial charge in [-0.25, -0.2) is 0 Å². The van der Waals surface area contributed by atoms with Gasteiger partial charge in [-0.05, 0) is 43.7 Å². The fraction of sp³-hybridized carbons (Fsp3) is 0.250. The molecule has 0 aliphatic rings. The molecule has 142 valence electrons. The molecule has 0 spiro atoms. The lowest BCUT2D eigenvalue weighted by atomic mass is 10.1. The van der Waals surface area contributed by atoms with Gasteiger partial charge < -0.3 is 20.5 Å². The highest BCUT2D eigenvalue weighted by molar-refractivity contribution is 5.96. The maximum Gasteiger partial charge on any atom is 0.325 e. The number of primary amides is 1. The summed E-state index contributed by atoms with van der Waals surface area (Å²) in [7, 11) is 0. The van der Waals surface area contributed by atoms with E-state index in [-0.39, 0.29) is 25.7 Å². The minimum Gasteiger partial charge on any atom is -0.484 e. The van der Waals surface area contributed by atoms with Crippen molar-refractivity contribution in [3.8, 4) is 5.75 Å². The number of aryl methyl sites for hydroxylation is 2. The Labute approximate surface area is 157 Å². The summed E-state index contributed by atoms with van der Waals surface area (Å²) in [5, 5.41) is 2.54. The predicted octanol–water partition coefficient (Wildman–Crippen LogP) is 1.64. The van der Waals surface area contributed by atoms with Crippen LogP contribution in [0, 0.1) is 13.8 Å². The normalized spacial score (nSPS) is 10.1. The highest BCUT2D eigenvalue weighted by Crippen LogP contribution is 2.14. The van der Waals surface area contributed by atoms with E-state index >= 15 is 0 Å². The monoisotopic (exact) mass is 370 g/mol. The predicted molar refractivity (Wildman–Crippen MR) is 99.2 cm³/mol. The summed E-state index contributed by atoms with van der Waals surface area (Å²) in [5.74, 6) is -1.02. The van der Waals surface area contributed by atoms with Gasteiger partial charge in [0.05, 0.1) is 0 Å². The summed E-state index contributed by atoms with van der Waals surface area (Å²) in [6, 6.07) is 12.2. The van der Waals surface area contributed by atoms with Gasteiger partial charge in [-0.3, -0.25) is 14.4 Å². The van der Waals surface area contributed by atoms with Crippen LogP contribution in [0.15, 0.2) is 42.5 Å². The molecule has 0 saturated carbocycles. The Hall–Kier alpha value is -3.35. The third-order valence-electron chi connectivity index (χ3n) is 3.56. The molecule has 2 rings (SSSR count). The maximum atomic E-state index is 12.1. The Morgan fingerprint density at radius 1 is 1.04 bits per heavy atom. The van der Waals surface area contributed by atoms with Crippen molar-refractivity contribution in [3.63, 3.8) is 0 Å². The number of esters is 1. The zero-order valence-electron chi connectivity index (χ0n) is 15.3. The van der Waals surface area contributed by atoms with Gasteiger partial charge in [0.2, 0.25) is 0 Å². The van der Waals surface area contributed by atoms with Crippen LogP contribution < -0.4 is 15.8 Å². The van der Waals surface area contributed by atoms with E-state index in [0.717, 1.165) is 11.1 Å². The van der Waals surface area contributed by atoms with Gasteiger partial charge in [-0.1, -0.05) is 29.3 Å². The van der Waals surface area contributed by atoms with Crippen molar-refractivity contribution in [2.24, 2.45) is 5.73 Å². The van der Waals surface area contributed by atoms with Gasteiger partial charge in [-0.2, -0.15) is 0 Å². The molecule has 0 atom stereocenters. The van der Waals surface area contributed by atoms with E-state index in [9.17, 15) is 14.4 Å². The molecule has 0 aromatic heterocycles. The molecule has 0 unspecified atom stereocenters. The van der Waals surface area contributed by atoms with E-state index in [1.807, 2.05) is 19.9 Å². The van der Waals surface area contributed by atoms with Crippen molar-refractivity contribution >= 4 is 17.8 Å². The van der Waals surface area contributed by atoms with Gasteiger partial charge in [-0.15, -0.1) is 0 Å². The van der Waals surface area contributed by atoms with Gasteiger partial charge in [0.1, 0.15) is 18.9 Å². The average molecular weight is 370 g/mol. The van der Waals surface area contributed by atoms with E-state index in [1.165, 1.54) is 0 Å². The minimum atomic E-state index is -0.577. The van der Waals surface area contributed by atoms with Crippen LogP contribution in [0.5, 0.6) is 5.75 Å². The average Bonchev–Trinajstić information content (AvgIpc) is 2.62. The molecule has 27 heavy (non-hydrogen) atoms. The molecule has 0 radical (unpaired) electrons. The van der Waals surface area contributed by atoms with E-state index in [1.54, 1.807) is 36.4 Å². The van der Waals surface area contributed by atoms with E-state index in [4.69, 9.17) is 15.2 Å². The number of ether oxygens (including phenoxy) is 2. The number of carbonyl (C=O) groups is 3. The first-order valence-corrected chi connectivity index (χ1v) is 8.35. The first-order valence-electron chi connectivity index (χ1n) is 8.35. The molecular formula is C20H22N2O5. The molecule has 3 N–H and O–H groups in total. The number of rotatable bonds is 8. The summed E-state index contributed by atoms with van der Waals surface area (Å²) >= 11 is 0. The van der Waals surface area contributed by atoms with Crippen LogP contribution in [0.2, 0.25) is 0 Å². The zero-order chi connectivity index (χ0) is 19.8. The van der Waals surface area contributed by atoms with E-state index < -0.39 is 11.9 Å². The van der Waals surface area contributed by atoms with Crippen LogP contribution in [-0.4, -0.2) is 30.9 Å². The summed E-state index contributed by atoms with van der Waals surface area (Å²) in [6.45, 7) is 3.36. The summed E-state index contributed by atoms with van der Waals surface area (Å²) < 4.78 is 10.3. The Morgan fingerprint density at radius 3 is 2.41 bits per heavy atom. The van der Waals surface area contributed by atoms with Crippen molar-refractivity contribution in [2.45, 2.75) is 20.5 Å². The third-order valence-corrected chi connectivity index (χ3v) is 3.56. The Morgan fingerprint density at radius 2 is 1.74 bits per heavy atom. The van der Waals surface area contributed by atoms with E-state index in [2.05, 4.69) is 5.32 Å². The second-order valence-corrected chi connectivity index (χ2v) is 6.12. The number of benzene rings is 2. The molecule has 0 aliphatic heterocycles. The topological polar surface area (TPSA) is 108 Å². The summed E-state index contributed by atoms with van der Waals surface area (Å²) in [4.78, 5) is 34.7. The van der Waals surface area contributed by atoms with Crippen LogP contribution >= 0.6 is 0 Å². The fourth-order valence-corrected chi connectivity index (χ4v) is 2.45. The summed E-state index contributed by atoms with van der Waals surface area (Å²) in [5.41, 5.74) is 8.16. The lowest BCUT2D eigenvalue weighted by molar-refractivity contribution is -0.143. The Kier molecular flexibility index (Phi) is 6.93. The largest absolute Gasteiger partial charge is 0.484 e. The van der Waals surface area contributed by atoms with Crippen LogP contribution in [0.1, 0.15) is 27.0 Å². The van der Waals surface area contributed by atoms with Crippen LogP contribution in [0.3, 0.4) is 0 Å². The fourth-order valence-electron chi connectivity index (χ4n) is 2.45. The Bertz CT molecular complexity index is 828. The quantitative estimate of drug-likeness (QED) is 0.687. The lowest BCUT2D eigenvalue weighted by Crippen LogP contribution is -2.30. The third kappa shape index (κ3) is 6.81. The second-order valence-electron chi connectivity index (χ2n) is 6.12. The maximum absolute atomic E-state index is 12.1. The second kappa shape index (κ2) is 9.38. The van der Waals surface area contributed by atoms with Gasteiger partial charge >= 0.3 is 5.97 Å². The number of carbonyl (C=O) groups excluding carboxylic acids is 3. The first-order chi connectivity index (χ1) is 12.8. The molecule has 0 saturated heterocycles. The molecule has 2 aromatic rings. The van der Waals surface area contributed by atoms with Crippen LogP contribution in [-0.2, 0) is 20.9 Å². The smallest absolute Gasteiger partial charge is 0.325 e. The molecule has 2 amide bonds. The van der Waals surface area contributed by atoms with E-state index in [0.29, 0.717) is 16.9 Å². The van der Waals surface area contributed by atoms with Crippen molar-refractivity contribution in [1.29, 1.82) is 0 Å². The Balaban J connectivity index is 1.81. The standard InChI is InChI=1S/C20H22N2O5/c1-13-6-14(2)8-16(7-13)20(25)22-10-19(24)27-11-15-4-3-5-17(9-15)26-12-18(21)23/h3-9H,10-12H2,1-2H3,(H2,21,23)(H,22,25). The number of amides is 2. The van der Waals surface area contributed by atoms with Gasteiger partial charge in [0.15, 0.2) is 6.61 Å². The molecule has 0 fully saturated rings. The summed E-state index contributed by atoms with van der Waals surface area (Å²) in [6.07, 6.45) is 0.